The van der Waals surface area contributed by atoms with Gasteiger partial charge in [-0.15, -0.1) is 0 Å². The lowest BCUT2D eigenvalue weighted by Gasteiger charge is -2.24. The molecule has 2 nitrogen and oxygen atoms in total. The lowest BCUT2D eigenvalue weighted by atomic mass is 9.83. The Bertz CT molecular complexity index is 558. The number of halogens is 3. The summed E-state index contributed by atoms with van der Waals surface area (Å²) in [6, 6.07) is 8.00. The number of alkyl halides is 3. The second kappa shape index (κ2) is 4.69. The van der Waals surface area contributed by atoms with Crippen LogP contribution in [-0.2, 0) is 10.2 Å². The van der Waals surface area contributed by atoms with Crippen LogP contribution in [0.1, 0.15) is 19.4 Å². The van der Waals surface area contributed by atoms with Crippen LogP contribution in [0.15, 0.2) is 36.0 Å². The number of anilines is 1. The van der Waals surface area contributed by atoms with Crippen LogP contribution >= 0.6 is 34.8 Å². The molecule has 0 saturated heterocycles. The monoisotopic (exact) mass is 317 g/mol. The number of fused-ring (bicyclic) bond motifs is 1. The first-order valence-corrected chi connectivity index (χ1v) is 6.95. The predicted octanol–water partition coefficient (Wildman–Crippen LogP) is 4.24. The molecule has 0 amide bonds. The van der Waals surface area contributed by atoms with Gasteiger partial charge in [0, 0.05) is 29.9 Å². The normalized spacial score (nSPS) is 19.7. The second-order valence-corrected chi connectivity index (χ2v) is 7.37. The molecule has 0 fully saturated rings. The lowest BCUT2D eigenvalue weighted by molar-refractivity contribution is -0.113. The zero-order valence-electron chi connectivity index (χ0n) is 10.9. The molecule has 1 aromatic rings. The molecular weight excluding hydrogens is 305 g/mol. The number of likely N-dealkylation sites (N-methyl/N-ethyl adjacent to an activating group) is 1. The van der Waals surface area contributed by atoms with Gasteiger partial charge >= 0.3 is 0 Å². The van der Waals surface area contributed by atoms with Gasteiger partial charge in [-0.3, -0.25) is 4.79 Å². The Morgan fingerprint density at radius 3 is 2.37 bits per heavy atom. The number of rotatable bonds is 1. The zero-order chi connectivity index (χ0) is 14.4. The highest BCUT2D eigenvalue weighted by Gasteiger charge is 2.40. The smallest absolute Gasteiger partial charge is 0.252 e. The van der Waals surface area contributed by atoms with Crippen molar-refractivity contribution < 1.29 is 4.79 Å². The SMILES string of the molecule is CN1C(=CC(=O)C(Cl)(Cl)Cl)C(C)(C)c2ccccc21. The molecule has 0 unspecified atom stereocenters. The van der Waals surface area contributed by atoms with Gasteiger partial charge in [0.2, 0.25) is 5.78 Å². The molecule has 0 bridgehead atoms. The van der Waals surface area contributed by atoms with Gasteiger partial charge < -0.3 is 4.90 Å². The molecule has 0 radical (unpaired) electrons. The minimum atomic E-state index is -1.92. The predicted molar refractivity (Wildman–Crippen MR) is 81.3 cm³/mol. The fourth-order valence-electron chi connectivity index (χ4n) is 2.46. The molecule has 1 aromatic carbocycles. The van der Waals surface area contributed by atoms with E-state index in [1.807, 2.05) is 50.1 Å². The molecule has 0 spiro atoms. The maximum Gasteiger partial charge on any atom is 0.252 e. The Hall–Kier alpha value is -0.700. The lowest BCUT2D eigenvalue weighted by Crippen LogP contribution is -2.26. The van der Waals surface area contributed by atoms with E-state index in [-0.39, 0.29) is 5.41 Å². The first-order valence-electron chi connectivity index (χ1n) is 5.82. The zero-order valence-corrected chi connectivity index (χ0v) is 13.1. The maximum atomic E-state index is 11.9. The van der Waals surface area contributed by atoms with E-state index in [0.29, 0.717) is 0 Å². The summed E-state index contributed by atoms with van der Waals surface area (Å²) in [4.78, 5) is 13.9. The molecule has 102 valence electrons. The van der Waals surface area contributed by atoms with Crippen molar-refractivity contribution in [3.8, 4) is 0 Å². The highest BCUT2D eigenvalue weighted by atomic mass is 35.6. The Morgan fingerprint density at radius 2 is 1.84 bits per heavy atom. The van der Waals surface area contributed by atoms with Gasteiger partial charge in [0.1, 0.15) is 0 Å². The third kappa shape index (κ3) is 2.49. The summed E-state index contributed by atoms with van der Waals surface area (Å²) in [7, 11) is 1.91. The number of para-hydroxylation sites is 1. The van der Waals surface area contributed by atoms with E-state index in [9.17, 15) is 4.79 Å². The standard InChI is InChI=1S/C14H14Cl3NO/c1-13(2)9-6-4-5-7-10(9)18(3)11(13)8-12(19)14(15,16)17/h4-8H,1-3H3. The summed E-state index contributed by atoms with van der Waals surface area (Å²) in [5, 5.41) is 0. The highest BCUT2D eigenvalue weighted by molar-refractivity contribution is 6.77. The number of ketones is 1. The van der Waals surface area contributed by atoms with Gasteiger partial charge in [-0.25, -0.2) is 0 Å². The van der Waals surface area contributed by atoms with E-state index in [1.54, 1.807) is 0 Å². The molecule has 0 saturated carbocycles. The molecule has 1 aliphatic rings. The van der Waals surface area contributed by atoms with E-state index in [4.69, 9.17) is 34.8 Å². The van der Waals surface area contributed by atoms with E-state index in [0.717, 1.165) is 16.9 Å². The number of nitrogens with zero attached hydrogens (tertiary/aromatic N) is 1. The molecule has 0 aromatic heterocycles. The summed E-state index contributed by atoms with van der Waals surface area (Å²) in [6.07, 6.45) is 1.42. The van der Waals surface area contributed by atoms with Gasteiger partial charge in [-0.2, -0.15) is 0 Å². The van der Waals surface area contributed by atoms with Crippen molar-refractivity contribution in [3.63, 3.8) is 0 Å². The first-order chi connectivity index (χ1) is 8.65. The average Bonchev–Trinajstić information content (AvgIpc) is 2.50. The Labute approximate surface area is 127 Å². The molecule has 1 aliphatic heterocycles. The van der Waals surface area contributed by atoms with Crippen molar-refractivity contribution in [3.05, 3.63) is 41.6 Å². The van der Waals surface area contributed by atoms with E-state index in [1.165, 1.54) is 6.08 Å². The van der Waals surface area contributed by atoms with Crippen molar-refractivity contribution in [2.24, 2.45) is 0 Å². The van der Waals surface area contributed by atoms with Crippen LogP contribution < -0.4 is 4.90 Å². The van der Waals surface area contributed by atoms with Crippen molar-refractivity contribution >= 4 is 46.3 Å². The quantitative estimate of drug-likeness (QED) is 0.570. The number of allylic oxidation sites excluding steroid dienone is 2. The molecule has 5 heteroatoms. The maximum absolute atomic E-state index is 11.9. The number of hydrogen-bond donors (Lipinski definition) is 0. The summed E-state index contributed by atoms with van der Waals surface area (Å²) >= 11 is 16.9. The van der Waals surface area contributed by atoms with Crippen LogP contribution in [0.2, 0.25) is 0 Å². The molecule has 19 heavy (non-hydrogen) atoms. The number of benzene rings is 1. The third-order valence-corrected chi connectivity index (χ3v) is 4.05. The number of hydrogen-bond acceptors (Lipinski definition) is 2. The minimum Gasteiger partial charge on any atom is -0.347 e. The fourth-order valence-corrected chi connectivity index (χ4v) is 2.63. The first kappa shape index (κ1) is 14.7. The summed E-state index contributed by atoms with van der Waals surface area (Å²) in [5.74, 6) is -0.528. The van der Waals surface area contributed by atoms with Gasteiger partial charge in [0.05, 0.1) is 0 Å². The van der Waals surface area contributed by atoms with Gasteiger partial charge in [0.15, 0.2) is 0 Å². The molecule has 2 rings (SSSR count). The van der Waals surface area contributed by atoms with Crippen LogP contribution in [-0.4, -0.2) is 16.6 Å². The number of carbonyl (C=O) groups excluding carboxylic acids is 1. The minimum absolute atomic E-state index is 0.295. The summed E-state index contributed by atoms with van der Waals surface area (Å²) in [5.41, 5.74) is 2.75. The fraction of sp³-hybridized carbons (Fsp3) is 0.357. The van der Waals surface area contributed by atoms with Gasteiger partial charge in [0.25, 0.3) is 3.79 Å². The third-order valence-electron chi connectivity index (χ3n) is 3.49. The van der Waals surface area contributed by atoms with Crippen LogP contribution in [0, 0.1) is 0 Å². The van der Waals surface area contributed by atoms with E-state index < -0.39 is 9.58 Å². The van der Waals surface area contributed by atoms with Crippen LogP contribution in [0.4, 0.5) is 5.69 Å². The van der Waals surface area contributed by atoms with E-state index in [2.05, 4.69) is 0 Å². The highest BCUT2D eigenvalue weighted by Crippen LogP contribution is 2.47. The van der Waals surface area contributed by atoms with E-state index >= 15 is 0 Å². The average molecular weight is 319 g/mol. The van der Waals surface area contributed by atoms with Gasteiger partial charge in [-0.05, 0) is 11.6 Å². The molecule has 1 heterocycles. The number of carbonyl (C=O) groups is 1. The molecule has 0 atom stereocenters. The Kier molecular flexibility index (Phi) is 3.63. The Balaban J connectivity index is 2.51. The van der Waals surface area contributed by atoms with Gasteiger partial charge in [-0.1, -0.05) is 66.8 Å². The topological polar surface area (TPSA) is 20.3 Å². The van der Waals surface area contributed by atoms with Crippen LogP contribution in [0.3, 0.4) is 0 Å². The summed E-state index contributed by atoms with van der Waals surface area (Å²) < 4.78 is -1.92. The summed E-state index contributed by atoms with van der Waals surface area (Å²) in [6.45, 7) is 4.10. The van der Waals surface area contributed by atoms with Crippen LogP contribution in [0.5, 0.6) is 0 Å². The molecule has 0 N–H and O–H groups in total. The molecule has 0 aliphatic carbocycles. The molecular formula is C14H14Cl3NO. The Morgan fingerprint density at radius 1 is 1.26 bits per heavy atom. The largest absolute Gasteiger partial charge is 0.347 e. The van der Waals surface area contributed by atoms with Crippen molar-refractivity contribution in [2.45, 2.75) is 23.1 Å². The van der Waals surface area contributed by atoms with Crippen molar-refractivity contribution in [1.29, 1.82) is 0 Å². The van der Waals surface area contributed by atoms with Crippen LogP contribution in [0.25, 0.3) is 0 Å². The second-order valence-electron chi connectivity index (χ2n) is 5.09. The van der Waals surface area contributed by atoms with Crippen molar-refractivity contribution in [2.75, 3.05) is 11.9 Å². The van der Waals surface area contributed by atoms with Crippen molar-refractivity contribution in [1.82, 2.24) is 0 Å².